The van der Waals surface area contributed by atoms with Gasteiger partial charge < -0.3 is 10.2 Å². The smallest absolute Gasteiger partial charge is 0.195 e. The first-order valence-electron chi connectivity index (χ1n) is 8.44. The summed E-state index contributed by atoms with van der Waals surface area (Å²) in [4.78, 5) is 0.342. The van der Waals surface area contributed by atoms with E-state index in [4.69, 9.17) is 5.14 Å². The molecule has 0 bridgehead atoms. The van der Waals surface area contributed by atoms with Crippen LogP contribution in [0.5, 0.6) is 0 Å². The number of benzene rings is 1. The molecule has 1 unspecified atom stereocenters. The molecular weight excluding hydrogens is 352 g/mol. The van der Waals surface area contributed by atoms with E-state index in [1.165, 1.54) is 0 Å². The van der Waals surface area contributed by atoms with Gasteiger partial charge in [0.1, 0.15) is 9.92 Å². The van der Waals surface area contributed by atoms with Crippen LogP contribution in [0, 0.1) is 0 Å². The zero-order chi connectivity index (χ0) is 20.1. The van der Waals surface area contributed by atoms with E-state index in [1.54, 1.807) is 45.9 Å². The van der Waals surface area contributed by atoms with Crippen LogP contribution in [0.25, 0.3) is 0 Å². The molecule has 0 aromatic heterocycles. The molecule has 0 aliphatic carbocycles. The predicted molar refractivity (Wildman–Crippen MR) is 107 cm³/mol. The molecule has 1 aromatic rings. The maximum atomic E-state index is 13.3. The molecule has 0 aliphatic heterocycles. The topological polar surface area (TPSA) is 95.9 Å². The molecular formula is C18H34N2O3SSi. The van der Waals surface area contributed by atoms with Crippen molar-refractivity contribution >= 4 is 18.2 Å². The fourth-order valence-corrected chi connectivity index (χ4v) is 6.82. The van der Waals surface area contributed by atoms with Crippen LogP contribution in [0.3, 0.4) is 0 Å². The quantitative estimate of drug-likeness (QED) is 0.686. The summed E-state index contributed by atoms with van der Waals surface area (Å²) < 4.78 is 17.9. The lowest BCUT2D eigenvalue weighted by atomic mass is 9.91. The molecule has 5 nitrogen and oxygen atoms in total. The van der Waals surface area contributed by atoms with Crippen molar-refractivity contribution in [1.29, 1.82) is 0 Å². The summed E-state index contributed by atoms with van der Waals surface area (Å²) in [6, 6.07) is 4.98. The van der Waals surface area contributed by atoms with Crippen LogP contribution in [0.4, 0.5) is 0 Å². The number of hydrogen-bond acceptors (Lipinski definition) is 4. The standard InChI is InChI=1S/C18H34N2O3SSi/c1-16(2,3)25(8,9)20-24(19,23)15-11-13(17(4,5)21)10-14(12-15)18(6,7)22/h10-12,21-22H,1-9H3,(H2,19,20,23). The van der Waals surface area contributed by atoms with Gasteiger partial charge in [0.05, 0.1) is 16.1 Å². The van der Waals surface area contributed by atoms with Crippen molar-refractivity contribution in [1.82, 2.24) is 0 Å². The molecule has 0 aliphatic rings. The second-order valence-corrected chi connectivity index (χ2v) is 16.3. The van der Waals surface area contributed by atoms with Crippen molar-refractivity contribution in [2.24, 2.45) is 9.17 Å². The van der Waals surface area contributed by atoms with Gasteiger partial charge in [-0.2, -0.15) is 0 Å². The fourth-order valence-electron chi connectivity index (χ4n) is 2.00. The molecule has 0 saturated carbocycles. The van der Waals surface area contributed by atoms with E-state index in [9.17, 15) is 14.4 Å². The second-order valence-electron chi connectivity index (χ2n) is 9.33. The van der Waals surface area contributed by atoms with Gasteiger partial charge in [-0.15, -0.1) is 0 Å². The molecule has 0 spiro atoms. The van der Waals surface area contributed by atoms with Crippen molar-refractivity contribution in [3.05, 3.63) is 29.3 Å². The number of nitrogens with zero attached hydrogens (tertiary/aromatic N) is 1. The van der Waals surface area contributed by atoms with Crippen LogP contribution in [-0.2, 0) is 21.1 Å². The number of nitrogens with two attached hydrogens (primary N) is 1. The minimum atomic E-state index is -3.15. The lowest BCUT2D eigenvalue weighted by Gasteiger charge is -2.33. The van der Waals surface area contributed by atoms with Gasteiger partial charge in [-0.3, -0.25) is 4.03 Å². The van der Waals surface area contributed by atoms with E-state index in [0.717, 1.165) is 0 Å². The highest BCUT2D eigenvalue weighted by Crippen LogP contribution is 2.38. The highest BCUT2D eigenvalue weighted by atomic mass is 32.2. The first-order chi connectivity index (χ1) is 10.8. The van der Waals surface area contributed by atoms with Gasteiger partial charge in [0, 0.05) is 0 Å². The van der Waals surface area contributed by atoms with Crippen LogP contribution in [0.1, 0.15) is 59.6 Å². The normalized spacial score (nSPS) is 16.5. The van der Waals surface area contributed by atoms with Crippen LogP contribution in [0.2, 0.25) is 18.1 Å². The Balaban J connectivity index is 3.74. The molecule has 144 valence electrons. The molecule has 0 saturated heterocycles. The summed E-state index contributed by atoms with van der Waals surface area (Å²) in [5, 5.41) is 26.9. The van der Waals surface area contributed by atoms with Crippen LogP contribution < -0.4 is 5.14 Å². The molecule has 4 N–H and O–H groups in total. The molecule has 1 aromatic carbocycles. The van der Waals surface area contributed by atoms with E-state index < -0.39 is 29.4 Å². The molecule has 25 heavy (non-hydrogen) atoms. The Morgan fingerprint density at radius 2 is 1.28 bits per heavy atom. The SMILES string of the molecule is CC(C)(O)c1cc(C(C)(C)O)cc(S(N)(=O)=N[Si](C)(C)C(C)(C)C)c1. The number of hydrogen-bond donors (Lipinski definition) is 3. The molecule has 1 atom stereocenters. The van der Waals surface area contributed by atoms with Crippen LogP contribution in [0.15, 0.2) is 27.1 Å². The Morgan fingerprint density at radius 3 is 1.56 bits per heavy atom. The highest BCUT2D eigenvalue weighted by molar-refractivity contribution is 7.92. The first-order valence-corrected chi connectivity index (χ1v) is 13.0. The van der Waals surface area contributed by atoms with Crippen molar-refractivity contribution in [2.75, 3.05) is 0 Å². The average molecular weight is 387 g/mol. The highest BCUT2D eigenvalue weighted by Gasteiger charge is 2.37. The molecule has 0 amide bonds. The minimum Gasteiger partial charge on any atom is -0.386 e. The number of rotatable bonds is 4. The van der Waals surface area contributed by atoms with Crippen LogP contribution in [-0.4, -0.2) is 22.7 Å². The van der Waals surface area contributed by atoms with Crippen molar-refractivity contribution in [3.8, 4) is 0 Å². The van der Waals surface area contributed by atoms with Crippen molar-refractivity contribution < 1.29 is 14.4 Å². The largest absolute Gasteiger partial charge is 0.386 e. The van der Waals surface area contributed by atoms with Gasteiger partial charge in [0.2, 0.25) is 0 Å². The predicted octanol–water partition coefficient (Wildman–Crippen LogP) is 3.85. The Bertz CT molecular complexity index is 728. The van der Waals surface area contributed by atoms with E-state index >= 15 is 0 Å². The lowest BCUT2D eigenvalue weighted by molar-refractivity contribution is 0.0713. The van der Waals surface area contributed by atoms with Gasteiger partial charge in [-0.05, 0) is 69.1 Å². The molecule has 7 heteroatoms. The monoisotopic (exact) mass is 386 g/mol. The maximum absolute atomic E-state index is 13.3. The third-order valence-electron chi connectivity index (χ3n) is 4.86. The van der Waals surface area contributed by atoms with Gasteiger partial charge in [-0.1, -0.05) is 26.8 Å². The first kappa shape index (κ1) is 22.3. The zero-order valence-corrected chi connectivity index (χ0v) is 18.8. The van der Waals surface area contributed by atoms with Crippen molar-refractivity contribution in [3.63, 3.8) is 0 Å². The van der Waals surface area contributed by atoms with Gasteiger partial charge in [-0.25, -0.2) is 9.35 Å². The maximum Gasteiger partial charge on any atom is 0.195 e. The summed E-state index contributed by atoms with van der Waals surface area (Å²) in [7, 11) is -5.40. The van der Waals surface area contributed by atoms with Gasteiger partial charge in [0.15, 0.2) is 8.24 Å². The van der Waals surface area contributed by atoms with Gasteiger partial charge in [0.25, 0.3) is 0 Å². The summed E-state index contributed by atoms with van der Waals surface area (Å²) in [6.07, 6.45) is 0. The Hall–Kier alpha value is -0.733. The summed E-state index contributed by atoms with van der Waals surface area (Å²) >= 11 is 0. The summed E-state index contributed by atoms with van der Waals surface area (Å²) in [6.45, 7) is 16.9. The summed E-state index contributed by atoms with van der Waals surface area (Å²) in [5.41, 5.74) is -1.21. The third-order valence-corrected chi connectivity index (χ3v) is 12.3. The fraction of sp³-hybridized carbons (Fsp3) is 0.667. The van der Waals surface area contributed by atoms with Gasteiger partial charge >= 0.3 is 0 Å². The van der Waals surface area contributed by atoms with E-state index in [-0.39, 0.29) is 5.04 Å². The average Bonchev–Trinajstić information content (AvgIpc) is 2.33. The Labute approximate surface area is 154 Å². The molecule has 1 rings (SSSR count). The Kier molecular flexibility index (Phi) is 5.76. The molecule has 0 radical (unpaired) electrons. The van der Waals surface area contributed by atoms with Crippen LogP contribution >= 0.6 is 0 Å². The zero-order valence-electron chi connectivity index (χ0n) is 17.0. The second kappa shape index (κ2) is 6.46. The van der Waals surface area contributed by atoms with E-state index in [1.807, 2.05) is 13.1 Å². The summed E-state index contributed by atoms with van der Waals surface area (Å²) in [5.74, 6) is 0. The van der Waals surface area contributed by atoms with E-state index in [2.05, 4.69) is 24.8 Å². The van der Waals surface area contributed by atoms with E-state index in [0.29, 0.717) is 16.0 Å². The number of aliphatic hydroxyl groups is 2. The minimum absolute atomic E-state index is 0.0953. The van der Waals surface area contributed by atoms with Crippen molar-refractivity contribution in [2.45, 2.75) is 82.7 Å². The molecule has 0 fully saturated rings. The Morgan fingerprint density at radius 1 is 0.920 bits per heavy atom. The molecule has 0 heterocycles. The third kappa shape index (κ3) is 5.37. The lowest BCUT2D eigenvalue weighted by Crippen LogP contribution is -2.37.